The molecule has 0 fully saturated rings. The van der Waals surface area contributed by atoms with Gasteiger partial charge in [0.05, 0.1) is 10.0 Å². The summed E-state index contributed by atoms with van der Waals surface area (Å²) in [5, 5.41) is 0.558. The van der Waals surface area contributed by atoms with Crippen molar-refractivity contribution >= 4 is 44.7 Å². The summed E-state index contributed by atoms with van der Waals surface area (Å²) < 4.78 is 6.59. The van der Waals surface area contributed by atoms with Crippen LogP contribution in [0.3, 0.4) is 0 Å². The van der Waals surface area contributed by atoms with Gasteiger partial charge in [-0.3, -0.25) is 0 Å². The first-order valence-corrected chi connectivity index (χ1v) is 7.52. The molecule has 5 heteroatoms. The second kappa shape index (κ2) is 6.57. The molecule has 0 aliphatic rings. The van der Waals surface area contributed by atoms with Gasteiger partial charge in [0.1, 0.15) is 17.3 Å². The largest absolute Gasteiger partial charge is 0.487 e. The summed E-state index contributed by atoms with van der Waals surface area (Å²) in [5.74, 6) is 0.614. The van der Waals surface area contributed by atoms with E-state index in [1.54, 1.807) is 12.1 Å². The van der Waals surface area contributed by atoms with Crippen LogP contribution >= 0.6 is 39.7 Å². The lowest BCUT2D eigenvalue weighted by molar-refractivity contribution is 0.303. The van der Waals surface area contributed by atoms with Crippen LogP contribution in [0.25, 0.3) is 0 Å². The molecule has 0 heterocycles. The first-order valence-electron chi connectivity index (χ1n) is 5.94. The van der Waals surface area contributed by atoms with Gasteiger partial charge in [0.15, 0.2) is 0 Å². The Labute approximate surface area is 137 Å². The Morgan fingerprint density at radius 3 is 2.75 bits per heavy atom. The Hall–Kier alpha value is -1.10. The molecule has 0 radical (unpaired) electrons. The second-order valence-corrected chi connectivity index (χ2v) is 6.14. The predicted octanol–water partition coefficient (Wildman–Crippen LogP) is 4.62. The lowest BCUT2D eigenvalue weighted by Gasteiger charge is -2.13. The van der Waals surface area contributed by atoms with Gasteiger partial charge in [0, 0.05) is 5.02 Å². The summed E-state index contributed by atoms with van der Waals surface area (Å²) in [5.41, 5.74) is 8.62. The fraction of sp³-hybridized carbons (Fsp3) is 0.133. The van der Waals surface area contributed by atoms with Crippen molar-refractivity contribution in [3.05, 3.63) is 62.6 Å². The third-order valence-corrected chi connectivity index (χ3v) is 3.77. The zero-order valence-corrected chi connectivity index (χ0v) is 14.0. The maximum Gasteiger partial charge on any atom is 0.144 e. The summed E-state index contributed by atoms with van der Waals surface area (Å²) >= 11 is 14.5. The number of nitrogens with two attached hydrogens (primary N) is 1. The molecule has 2 N–H and O–H groups in total. The molecule has 2 aromatic carbocycles. The highest BCUT2D eigenvalue weighted by molar-refractivity contribution is 9.10. The van der Waals surface area contributed by atoms with E-state index in [0.717, 1.165) is 10.0 Å². The van der Waals surface area contributed by atoms with Crippen LogP contribution in [0.1, 0.15) is 16.7 Å². The number of benzene rings is 2. The van der Waals surface area contributed by atoms with E-state index in [1.807, 2.05) is 25.1 Å². The van der Waals surface area contributed by atoms with Crippen molar-refractivity contribution in [3.63, 3.8) is 0 Å². The Morgan fingerprint density at radius 2 is 2.10 bits per heavy atom. The predicted molar refractivity (Wildman–Crippen MR) is 90.6 cm³/mol. The Balaban J connectivity index is 2.27. The van der Waals surface area contributed by atoms with Gasteiger partial charge in [-0.25, -0.2) is 0 Å². The fourth-order valence-electron chi connectivity index (χ4n) is 1.85. The highest BCUT2D eigenvalue weighted by Gasteiger charge is 2.13. The van der Waals surface area contributed by atoms with Crippen LogP contribution in [0.15, 0.2) is 40.9 Å². The van der Waals surface area contributed by atoms with Gasteiger partial charge in [0.25, 0.3) is 0 Å². The van der Waals surface area contributed by atoms with Crippen LogP contribution in [0.2, 0.25) is 5.02 Å². The Morgan fingerprint density at radius 1 is 1.35 bits per heavy atom. The Bertz CT molecular complexity index is 660. The average molecular weight is 371 g/mol. The lowest BCUT2D eigenvalue weighted by atomic mass is 10.1. The molecule has 0 saturated carbocycles. The molecule has 20 heavy (non-hydrogen) atoms. The summed E-state index contributed by atoms with van der Waals surface area (Å²) in [6, 6.07) is 11.6. The minimum Gasteiger partial charge on any atom is -0.487 e. The number of rotatable bonds is 4. The van der Waals surface area contributed by atoms with Crippen molar-refractivity contribution in [2.75, 3.05) is 0 Å². The molecule has 0 amide bonds. The molecule has 2 rings (SSSR count). The van der Waals surface area contributed by atoms with E-state index < -0.39 is 0 Å². The zero-order valence-electron chi connectivity index (χ0n) is 10.8. The molecular formula is C15H13BrClNOS. The SMILES string of the molecule is Cc1cccc(COc2c(Br)cc(Cl)cc2C(N)=S)c1. The Kier molecular flexibility index (Phi) is 5.02. The van der Waals surface area contributed by atoms with E-state index >= 15 is 0 Å². The van der Waals surface area contributed by atoms with E-state index in [1.165, 1.54) is 5.56 Å². The summed E-state index contributed by atoms with van der Waals surface area (Å²) in [4.78, 5) is 0.257. The van der Waals surface area contributed by atoms with Crippen molar-refractivity contribution in [3.8, 4) is 5.75 Å². The number of aryl methyl sites for hydroxylation is 1. The van der Waals surface area contributed by atoms with Crippen LogP contribution in [-0.4, -0.2) is 4.99 Å². The maximum absolute atomic E-state index is 6.00. The number of thiocarbonyl (C=S) groups is 1. The van der Waals surface area contributed by atoms with Gasteiger partial charge in [-0.15, -0.1) is 0 Å². The van der Waals surface area contributed by atoms with Gasteiger partial charge in [-0.05, 0) is 40.5 Å². The molecule has 0 aliphatic heterocycles. The topological polar surface area (TPSA) is 35.2 Å². The van der Waals surface area contributed by atoms with E-state index in [9.17, 15) is 0 Å². The van der Waals surface area contributed by atoms with Crippen LogP contribution < -0.4 is 10.5 Å². The molecule has 0 aliphatic carbocycles. The van der Waals surface area contributed by atoms with E-state index in [4.69, 9.17) is 34.3 Å². The quantitative estimate of drug-likeness (QED) is 0.797. The minimum absolute atomic E-state index is 0.257. The normalized spacial score (nSPS) is 10.3. The summed E-state index contributed by atoms with van der Waals surface area (Å²) in [6.45, 7) is 2.49. The lowest BCUT2D eigenvalue weighted by Crippen LogP contribution is -2.12. The van der Waals surface area contributed by atoms with E-state index in [0.29, 0.717) is 22.9 Å². The minimum atomic E-state index is 0.257. The highest BCUT2D eigenvalue weighted by Crippen LogP contribution is 2.33. The van der Waals surface area contributed by atoms with Crippen LogP contribution in [0, 0.1) is 6.92 Å². The third kappa shape index (κ3) is 3.72. The molecule has 0 spiro atoms. The first-order chi connectivity index (χ1) is 9.47. The van der Waals surface area contributed by atoms with E-state index in [-0.39, 0.29) is 4.99 Å². The van der Waals surface area contributed by atoms with Gasteiger partial charge in [0.2, 0.25) is 0 Å². The third-order valence-electron chi connectivity index (χ3n) is 2.74. The van der Waals surface area contributed by atoms with Crippen molar-refractivity contribution in [1.82, 2.24) is 0 Å². The number of hydrogen-bond donors (Lipinski definition) is 1. The fourth-order valence-corrected chi connectivity index (χ4v) is 2.92. The molecule has 0 saturated heterocycles. The van der Waals surface area contributed by atoms with Crippen molar-refractivity contribution in [2.45, 2.75) is 13.5 Å². The average Bonchev–Trinajstić information content (AvgIpc) is 2.36. The number of hydrogen-bond acceptors (Lipinski definition) is 2. The molecule has 0 unspecified atom stereocenters. The molecule has 104 valence electrons. The van der Waals surface area contributed by atoms with Gasteiger partial charge in [-0.1, -0.05) is 53.6 Å². The van der Waals surface area contributed by atoms with Gasteiger partial charge < -0.3 is 10.5 Å². The monoisotopic (exact) mass is 369 g/mol. The van der Waals surface area contributed by atoms with E-state index in [2.05, 4.69) is 22.0 Å². The first kappa shape index (κ1) is 15.3. The summed E-state index contributed by atoms with van der Waals surface area (Å²) in [6.07, 6.45) is 0. The molecule has 0 bridgehead atoms. The molecule has 0 atom stereocenters. The molecule has 0 aromatic heterocycles. The van der Waals surface area contributed by atoms with Crippen molar-refractivity contribution in [1.29, 1.82) is 0 Å². The van der Waals surface area contributed by atoms with Crippen LogP contribution in [-0.2, 0) is 6.61 Å². The maximum atomic E-state index is 6.00. The molecule has 2 aromatic rings. The second-order valence-electron chi connectivity index (χ2n) is 4.41. The number of halogens is 2. The van der Waals surface area contributed by atoms with Gasteiger partial charge >= 0.3 is 0 Å². The van der Waals surface area contributed by atoms with Crippen molar-refractivity contribution in [2.24, 2.45) is 5.73 Å². The smallest absolute Gasteiger partial charge is 0.144 e. The van der Waals surface area contributed by atoms with Crippen LogP contribution in [0.4, 0.5) is 0 Å². The molecule has 2 nitrogen and oxygen atoms in total. The highest BCUT2D eigenvalue weighted by atomic mass is 79.9. The van der Waals surface area contributed by atoms with Gasteiger partial charge in [-0.2, -0.15) is 0 Å². The summed E-state index contributed by atoms with van der Waals surface area (Å²) in [7, 11) is 0. The molecular weight excluding hydrogens is 358 g/mol. The standard InChI is InChI=1S/C15H13BrClNOS/c1-9-3-2-4-10(5-9)8-19-14-12(15(18)20)6-11(17)7-13(14)16/h2-7H,8H2,1H3,(H2,18,20). The van der Waals surface area contributed by atoms with Crippen molar-refractivity contribution < 1.29 is 4.74 Å². The van der Waals surface area contributed by atoms with Crippen LogP contribution in [0.5, 0.6) is 5.75 Å². The number of ether oxygens (including phenoxy) is 1. The zero-order chi connectivity index (χ0) is 14.7.